The van der Waals surface area contributed by atoms with Crippen molar-refractivity contribution in [1.29, 1.82) is 0 Å². The SMILES string of the molecule is COc1ccc(C(OCC2OC(n3cc(C#CCCOP4(=O)Oc5ccccc5C(C)(C)O4)c(/N=C/N(CC(C)C)CC(C)C)nc3=O)CC2OC(C)=O)(c2ccccc2)c2ccc(OC)cc2)cc1. The normalized spacial score (nSPS) is 19.6. The van der Waals surface area contributed by atoms with Crippen LogP contribution in [-0.4, -0.2) is 79.5 Å². The van der Waals surface area contributed by atoms with Gasteiger partial charge in [-0.1, -0.05) is 112 Å². The maximum Gasteiger partial charge on any atom is 0.530 e. The van der Waals surface area contributed by atoms with Crippen LogP contribution in [0.3, 0.4) is 0 Å². The molecule has 1 fully saturated rings. The monoisotopic (exact) mass is 974 g/mol. The number of hydrogen-bond donors (Lipinski definition) is 0. The van der Waals surface area contributed by atoms with E-state index in [0.29, 0.717) is 34.6 Å². The summed E-state index contributed by atoms with van der Waals surface area (Å²) >= 11 is 0. The number of methoxy groups -OCH3 is 2. The number of aromatic nitrogens is 2. The van der Waals surface area contributed by atoms with E-state index in [-0.39, 0.29) is 31.9 Å². The molecule has 5 aromatic rings. The Balaban J connectivity index is 1.20. The number of para-hydroxylation sites is 1. The summed E-state index contributed by atoms with van der Waals surface area (Å²) in [4.78, 5) is 38.0. The Bertz CT molecular complexity index is 2710. The van der Waals surface area contributed by atoms with Gasteiger partial charge in [0.15, 0.2) is 5.82 Å². The fourth-order valence-electron chi connectivity index (χ4n) is 8.67. The molecule has 1 aromatic heterocycles. The minimum atomic E-state index is -3.99. The fourth-order valence-corrected chi connectivity index (χ4v) is 10.2. The summed E-state index contributed by atoms with van der Waals surface area (Å²) in [5, 5.41) is 0. The molecule has 0 saturated carbocycles. The maximum atomic E-state index is 14.1. The van der Waals surface area contributed by atoms with Crippen LogP contribution < -0.4 is 19.7 Å². The highest BCUT2D eigenvalue weighted by Gasteiger charge is 2.45. The Morgan fingerprint density at radius 3 is 2.11 bits per heavy atom. The van der Waals surface area contributed by atoms with E-state index in [1.54, 1.807) is 52.7 Å². The molecular formula is C54H63N4O11P. The van der Waals surface area contributed by atoms with Gasteiger partial charge in [-0.15, -0.1) is 0 Å². The van der Waals surface area contributed by atoms with Crippen molar-refractivity contribution in [1.82, 2.24) is 14.5 Å². The summed E-state index contributed by atoms with van der Waals surface area (Å²) in [7, 11) is -0.769. The van der Waals surface area contributed by atoms with Crippen LogP contribution in [0.4, 0.5) is 5.82 Å². The van der Waals surface area contributed by atoms with Crippen molar-refractivity contribution >= 4 is 25.9 Å². The maximum absolute atomic E-state index is 14.1. The second kappa shape index (κ2) is 22.7. The Kier molecular flexibility index (Phi) is 16.7. The smallest absolute Gasteiger partial charge is 0.497 e. The highest BCUT2D eigenvalue weighted by molar-refractivity contribution is 7.49. The number of nitrogens with zero attached hydrogens (tertiary/aromatic N) is 4. The summed E-state index contributed by atoms with van der Waals surface area (Å²) in [6, 6.07) is 32.3. The largest absolute Gasteiger partial charge is 0.530 e. The van der Waals surface area contributed by atoms with Crippen molar-refractivity contribution in [2.24, 2.45) is 16.8 Å². The van der Waals surface area contributed by atoms with Gasteiger partial charge in [-0.3, -0.25) is 18.4 Å². The average Bonchev–Trinajstić information content (AvgIpc) is 3.72. The van der Waals surface area contributed by atoms with Gasteiger partial charge in [-0.2, -0.15) is 4.98 Å². The lowest BCUT2D eigenvalue weighted by Gasteiger charge is -2.37. The zero-order valence-electron chi connectivity index (χ0n) is 41.3. The highest BCUT2D eigenvalue weighted by atomic mass is 31.2. The minimum Gasteiger partial charge on any atom is -0.497 e. The third-order valence-electron chi connectivity index (χ3n) is 11.7. The standard InChI is InChI=1S/C54H63N4O11P/c1-37(2)32-57(33-38(3)4)36-55-51-40(17-15-16-30-65-70(61)68-47-21-14-13-20-46(47)53(6,7)69-70)34-58(52(60)56-51)50-31-48(66-39(5)59)49(67-50)35-64-54(41-18-11-10-12-19-41,42-22-26-44(62-8)27-23-42)43-24-28-45(63-9)29-25-43/h10-14,18-29,34,36-38,48-50H,16,30-33,35H2,1-9H3/b55-36+. The predicted molar refractivity (Wildman–Crippen MR) is 266 cm³/mol. The van der Waals surface area contributed by atoms with Crippen molar-refractivity contribution in [3.63, 3.8) is 0 Å². The van der Waals surface area contributed by atoms with Crippen LogP contribution in [0.2, 0.25) is 0 Å². The van der Waals surface area contributed by atoms with E-state index in [9.17, 15) is 14.2 Å². The van der Waals surface area contributed by atoms with Crippen LogP contribution in [0.15, 0.2) is 119 Å². The van der Waals surface area contributed by atoms with Crippen molar-refractivity contribution < 1.29 is 46.6 Å². The quantitative estimate of drug-likeness (QED) is 0.0147. The summed E-state index contributed by atoms with van der Waals surface area (Å²) in [6.07, 6.45) is 0.882. The molecule has 4 aromatic carbocycles. The Hall–Kier alpha value is -6.27. The predicted octanol–water partition coefficient (Wildman–Crippen LogP) is 9.97. The van der Waals surface area contributed by atoms with E-state index in [2.05, 4.69) is 49.4 Å². The Morgan fingerprint density at radius 2 is 1.51 bits per heavy atom. The highest BCUT2D eigenvalue weighted by Crippen LogP contribution is 2.60. The van der Waals surface area contributed by atoms with E-state index in [1.165, 1.54) is 11.5 Å². The number of rotatable bonds is 19. The second-order valence-electron chi connectivity index (χ2n) is 18.5. The van der Waals surface area contributed by atoms with Gasteiger partial charge in [0, 0.05) is 44.6 Å². The third-order valence-corrected chi connectivity index (χ3v) is 13.3. The van der Waals surface area contributed by atoms with Gasteiger partial charge in [0.25, 0.3) is 0 Å². The number of aliphatic imine (C=N–C) groups is 1. The number of carbonyl (C=O) groups is 1. The molecule has 70 heavy (non-hydrogen) atoms. The van der Waals surface area contributed by atoms with E-state index >= 15 is 0 Å². The van der Waals surface area contributed by atoms with Crippen LogP contribution in [0.1, 0.15) is 95.4 Å². The van der Waals surface area contributed by atoms with E-state index in [1.807, 2.05) is 91.0 Å². The molecule has 0 bridgehead atoms. The molecule has 4 unspecified atom stereocenters. The van der Waals surface area contributed by atoms with Crippen molar-refractivity contribution in [3.8, 4) is 29.1 Å². The van der Waals surface area contributed by atoms with Gasteiger partial charge >= 0.3 is 19.5 Å². The fraction of sp³-hybridized carbons (Fsp3) is 0.407. The minimum absolute atomic E-state index is 0.0692. The van der Waals surface area contributed by atoms with E-state index in [0.717, 1.165) is 35.3 Å². The molecule has 0 aliphatic carbocycles. The lowest BCUT2D eigenvalue weighted by Crippen LogP contribution is -2.39. The molecule has 0 amide bonds. The van der Waals surface area contributed by atoms with Crippen molar-refractivity contribution in [3.05, 3.63) is 148 Å². The van der Waals surface area contributed by atoms with Crippen molar-refractivity contribution in [2.75, 3.05) is 40.5 Å². The van der Waals surface area contributed by atoms with Gasteiger partial charge < -0.3 is 33.1 Å². The van der Waals surface area contributed by atoms with Crippen LogP contribution in [0.5, 0.6) is 17.2 Å². The number of fused-ring (bicyclic) bond motifs is 1. The number of ether oxygens (including phenoxy) is 5. The zero-order chi connectivity index (χ0) is 50.1. The number of carbonyl (C=O) groups excluding carboxylic acids is 1. The first-order valence-corrected chi connectivity index (χ1v) is 24.9. The summed E-state index contributed by atoms with van der Waals surface area (Å²) in [6.45, 7) is 14.8. The number of phosphoric acid groups is 1. The van der Waals surface area contributed by atoms with E-state index < -0.39 is 49.1 Å². The number of benzene rings is 4. The number of phosphoric ester groups is 1. The first-order chi connectivity index (χ1) is 33.5. The molecule has 3 heterocycles. The molecule has 0 radical (unpaired) electrons. The van der Waals surface area contributed by atoms with E-state index in [4.69, 9.17) is 42.2 Å². The molecule has 370 valence electrons. The molecule has 2 aliphatic heterocycles. The molecule has 4 atom stereocenters. The second-order valence-corrected chi connectivity index (χ2v) is 20.0. The van der Waals surface area contributed by atoms with Crippen LogP contribution in [0.25, 0.3) is 0 Å². The van der Waals surface area contributed by atoms with Gasteiger partial charge in [-0.05, 0) is 72.7 Å². The summed E-state index contributed by atoms with van der Waals surface area (Å²) in [5.74, 6) is 8.25. The van der Waals surface area contributed by atoms with Crippen LogP contribution in [0, 0.1) is 23.7 Å². The molecule has 0 N–H and O–H groups in total. The number of esters is 1. The molecule has 2 aliphatic rings. The van der Waals surface area contributed by atoms with Crippen molar-refractivity contribution in [2.45, 2.75) is 90.9 Å². The molecule has 0 spiro atoms. The average molecular weight is 975 g/mol. The summed E-state index contributed by atoms with van der Waals surface area (Å²) in [5.41, 5.74) is 0.754. The van der Waals surface area contributed by atoms with Crippen LogP contribution in [-0.2, 0) is 43.8 Å². The number of hydrogen-bond acceptors (Lipinski definition) is 13. The van der Waals surface area contributed by atoms with Gasteiger partial charge in [0.1, 0.15) is 46.9 Å². The molecule has 15 nitrogen and oxygen atoms in total. The third kappa shape index (κ3) is 12.4. The zero-order valence-corrected chi connectivity index (χ0v) is 42.2. The molecule has 16 heteroatoms. The summed E-state index contributed by atoms with van der Waals surface area (Å²) < 4.78 is 63.1. The van der Waals surface area contributed by atoms with Gasteiger partial charge in [0.2, 0.25) is 0 Å². The van der Waals surface area contributed by atoms with Crippen LogP contribution >= 0.6 is 7.82 Å². The first-order valence-electron chi connectivity index (χ1n) is 23.5. The first kappa shape index (κ1) is 51.6. The lowest BCUT2D eigenvalue weighted by molar-refractivity contribution is -0.153. The topological polar surface area (TPSA) is 158 Å². The molecular weight excluding hydrogens is 912 g/mol. The van der Waals surface area contributed by atoms with Gasteiger partial charge in [0.05, 0.1) is 39.3 Å². The molecule has 1 saturated heterocycles. The Labute approximate surface area is 410 Å². The molecule has 7 rings (SSSR count). The van der Waals surface area contributed by atoms with Gasteiger partial charge in [-0.25, -0.2) is 14.4 Å². The lowest BCUT2D eigenvalue weighted by atomic mass is 9.80. The Morgan fingerprint density at radius 1 is 0.914 bits per heavy atom.